The molecular formula is C13H17F2NS. The average Bonchev–Trinajstić information content (AvgIpc) is 2.32. The summed E-state index contributed by atoms with van der Waals surface area (Å²) in [7, 11) is 0. The van der Waals surface area contributed by atoms with Crippen molar-refractivity contribution in [2.45, 2.75) is 37.6 Å². The predicted octanol–water partition coefficient (Wildman–Crippen LogP) is 3.34. The van der Waals surface area contributed by atoms with Gasteiger partial charge in [-0.1, -0.05) is 6.92 Å². The zero-order valence-electron chi connectivity index (χ0n) is 9.88. The zero-order valence-corrected chi connectivity index (χ0v) is 10.7. The van der Waals surface area contributed by atoms with Crippen LogP contribution in [0.4, 0.5) is 8.78 Å². The molecule has 1 saturated heterocycles. The van der Waals surface area contributed by atoms with Crippen LogP contribution in [0.25, 0.3) is 0 Å². The number of hydrogen-bond acceptors (Lipinski definition) is 2. The van der Waals surface area contributed by atoms with E-state index in [0.717, 1.165) is 12.5 Å². The van der Waals surface area contributed by atoms with Gasteiger partial charge in [0.05, 0.1) is 0 Å². The Morgan fingerprint density at radius 2 is 2.24 bits per heavy atom. The molecule has 1 aromatic rings. The minimum absolute atomic E-state index is 0.338. The molecule has 1 nitrogen and oxygen atoms in total. The van der Waals surface area contributed by atoms with Crippen molar-refractivity contribution in [2.24, 2.45) is 0 Å². The van der Waals surface area contributed by atoms with Crippen LogP contribution in [0.3, 0.4) is 0 Å². The number of nitrogens with one attached hydrogen (secondary N) is 1. The molecule has 4 heteroatoms. The molecule has 2 atom stereocenters. The Morgan fingerprint density at radius 3 is 3.00 bits per heavy atom. The van der Waals surface area contributed by atoms with Gasteiger partial charge < -0.3 is 5.32 Å². The summed E-state index contributed by atoms with van der Waals surface area (Å²) in [6, 6.07) is 4.00. The quantitative estimate of drug-likeness (QED) is 0.891. The molecule has 0 saturated carbocycles. The van der Waals surface area contributed by atoms with Crippen LogP contribution >= 0.6 is 11.8 Å². The number of rotatable bonds is 3. The van der Waals surface area contributed by atoms with Crippen LogP contribution in [0.5, 0.6) is 0 Å². The van der Waals surface area contributed by atoms with Crippen molar-refractivity contribution < 1.29 is 8.78 Å². The standard InChI is InChI=1S/C13H17F2NS/c1-9-13(3-2-6-17-9)16-8-10-7-11(14)4-5-12(10)15/h4-5,7,9,13,16H,2-3,6,8H2,1H3. The Labute approximate surface area is 105 Å². The molecule has 0 radical (unpaired) electrons. The van der Waals surface area contributed by atoms with Gasteiger partial charge in [-0.3, -0.25) is 0 Å². The van der Waals surface area contributed by atoms with Crippen LogP contribution in [0, 0.1) is 11.6 Å². The van der Waals surface area contributed by atoms with Crippen molar-refractivity contribution in [1.82, 2.24) is 5.32 Å². The SMILES string of the molecule is CC1SCCCC1NCc1cc(F)ccc1F. The molecule has 17 heavy (non-hydrogen) atoms. The van der Waals surface area contributed by atoms with E-state index in [4.69, 9.17) is 0 Å². The molecule has 94 valence electrons. The van der Waals surface area contributed by atoms with E-state index in [2.05, 4.69) is 12.2 Å². The Bertz CT molecular complexity index is 384. The van der Waals surface area contributed by atoms with Crippen molar-refractivity contribution in [3.05, 3.63) is 35.4 Å². The van der Waals surface area contributed by atoms with Gasteiger partial charge in [-0.05, 0) is 36.8 Å². The largest absolute Gasteiger partial charge is 0.309 e. The number of halogens is 2. The van der Waals surface area contributed by atoms with Crippen LogP contribution in [0.2, 0.25) is 0 Å². The van der Waals surface area contributed by atoms with Crippen molar-refractivity contribution >= 4 is 11.8 Å². The summed E-state index contributed by atoms with van der Waals surface area (Å²) in [5, 5.41) is 3.87. The fourth-order valence-corrected chi connectivity index (χ4v) is 3.28. The molecule has 0 aliphatic carbocycles. The number of benzene rings is 1. The highest BCUT2D eigenvalue weighted by Gasteiger charge is 2.21. The first-order valence-electron chi connectivity index (χ1n) is 5.96. The van der Waals surface area contributed by atoms with Crippen molar-refractivity contribution in [2.75, 3.05) is 5.75 Å². The molecule has 1 aliphatic heterocycles. The molecule has 0 spiro atoms. The molecule has 1 heterocycles. The maximum atomic E-state index is 13.4. The van der Waals surface area contributed by atoms with Gasteiger partial charge in [0.2, 0.25) is 0 Å². The van der Waals surface area contributed by atoms with E-state index in [-0.39, 0.29) is 11.6 Å². The van der Waals surface area contributed by atoms with Crippen molar-refractivity contribution in [1.29, 1.82) is 0 Å². The summed E-state index contributed by atoms with van der Waals surface area (Å²) in [5.74, 6) is 0.484. The fourth-order valence-electron chi connectivity index (χ4n) is 2.11. The van der Waals surface area contributed by atoms with Gasteiger partial charge in [-0.15, -0.1) is 0 Å². The first-order valence-corrected chi connectivity index (χ1v) is 7.00. The van der Waals surface area contributed by atoms with Gasteiger partial charge >= 0.3 is 0 Å². The van der Waals surface area contributed by atoms with Gasteiger partial charge in [0.1, 0.15) is 11.6 Å². The van der Waals surface area contributed by atoms with Gasteiger partial charge in [-0.25, -0.2) is 8.78 Å². The van der Waals surface area contributed by atoms with Gasteiger partial charge in [0.25, 0.3) is 0 Å². The van der Waals surface area contributed by atoms with Crippen LogP contribution < -0.4 is 5.32 Å². The summed E-state index contributed by atoms with van der Waals surface area (Å²) < 4.78 is 26.4. The monoisotopic (exact) mass is 257 g/mol. The number of hydrogen-bond donors (Lipinski definition) is 1. The molecular weight excluding hydrogens is 240 g/mol. The lowest BCUT2D eigenvalue weighted by Crippen LogP contribution is -2.38. The lowest BCUT2D eigenvalue weighted by molar-refractivity contribution is 0.454. The minimum Gasteiger partial charge on any atom is -0.309 e. The normalized spacial score (nSPS) is 24.9. The highest BCUT2D eigenvalue weighted by Crippen LogP contribution is 2.25. The van der Waals surface area contributed by atoms with Crippen LogP contribution in [0.15, 0.2) is 18.2 Å². The number of thioether (sulfide) groups is 1. The predicted molar refractivity (Wildman–Crippen MR) is 68.1 cm³/mol. The minimum atomic E-state index is -0.380. The first kappa shape index (κ1) is 12.8. The molecule has 0 bridgehead atoms. The summed E-state index contributed by atoms with van der Waals surface area (Å²) in [4.78, 5) is 0. The molecule has 0 amide bonds. The van der Waals surface area contributed by atoms with E-state index < -0.39 is 0 Å². The summed E-state index contributed by atoms with van der Waals surface area (Å²) in [6.45, 7) is 2.59. The second-order valence-corrected chi connectivity index (χ2v) is 5.93. The maximum Gasteiger partial charge on any atom is 0.127 e. The fraction of sp³-hybridized carbons (Fsp3) is 0.538. The summed E-state index contributed by atoms with van der Waals surface area (Å²) >= 11 is 1.94. The first-order chi connectivity index (χ1) is 8.16. The molecule has 1 aromatic carbocycles. The third-order valence-electron chi connectivity index (χ3n) is 3.17. The molecule has 2 unspecified atom stereocenters. The highest BCUT2D eigenvalue weighted by atomic mass is 32.2. The Morgan fingerprint density at radius 1 is 1.41 bits per heavy atom. The summed E-state index contributed by atoms with van der Waals surface area (Å²) in [6.07, 6.45) is 2.31. The average molecular weight is 257 g/mol. The molecule has 1 aliphatic rings. The lowest BCUT2D eigenvalue weighted by atomic mass is 10.1. The van der Waals surface area contributed by atoms with Crippen LogP contribution in [-0.2, 0) is 6.54 Å². The van der Waals surface area contributed by atoms with E-state index in [1.54, 1.807) is 0 Å². The van der Waals surface area contributed by atoms with Gasteiger partial charge in [0.15, 0.2) is 0 Å². The van der Waals surface area contributed by atoms with Gasteiger partial charge in [-0.2, -0.15) is 11.8 Å². The lowest BCUT2D eigenvalue weighted by Gasteiger charge is -2.29. The summed E-state index contributed by atoms with van der Waals surface area (Å²) in [5.41, 5.74) is 0.410. The Kier molecular flexibility index (Phi) is 4.40. The third-order valence-corrected chi connectivity index (χ3v) is 4.55. The van der Waals surface area contributed by atoms with Crippen LogP contribution in [0.1, 0.15) is 25.3 Å². The highest BCUT2D eigenvalue weighted by molar-refractivity contribution is 7.99. The molecule has 0 aromatic heterocycles. The smallest absolute Gasteiger partial charge is 0.127 e. The second kappa shape index (κ2) is 5.83. The zero-order chi connectivity index (χ0) is 12.3. The van der Waals surface area contributed by atoms with E-state index >= 15 is 0 Å². The van der Waals surface area contributed by atoms with E-state index in [1.807, 2.05) is 11.8 Å². The second-order valence-electron chi connectivity index (χ2n) is 4.44. The van der Waals surface area contributed by atoms with E-state index in [9.17, 15) is 8.78 Å². The van der Waals surface area contributed by atoms with Crippen LogP contribution in [-0.4, -0.2) is 17.0 Å². The van der Waals surface area contributed by atoms with E-state index in [0.29, 0.717) is 23.4 Å². The van der Waals surface area contributed by atoms with Crippen molar-refractivity contribution in [3.63, 3.8) is 0 Å². The molecule has 2 rings (SSSR count). The molecule has 1 fully saturated rings. The maximum absolute atomic E-state index is 13.4. The van der Waals surface area contributed by atoms with Gasteiger partial charge in [0, 0.05) is 23.4 Å². The van der Waals surface area contributed by atoms with E-state index in [1.165, 1.54) is 24.3 Å². The molecule has 1 N–H and O–H groups in total. The third kappa shape index (κ3) is 3.42. The van der Waals surface area contributed by atoms with Crippen molar-refractivity contribution in [3.8, 4) is 0 Å². The topological polar surface area (TPSA) is 12.0 Å². The Hall–Kier alpha value is -0.610. The Balaban J connectivity index is 1.94.